The first-order valence-corrected chi connectivity index (χ1v) is 10.7. The molecule has 3 aromatic rings. The minimum atomic E-state index is -0.417. The number of nitrogens with zero attached hydrogens (tertiary/aromatic N) is 3. The lowest BCUT2D eigenvalue weighted by atomic mass is 9.95. The van der Waals surface area contributed by atoms with E-state index in [2.05, 4.69) is 18.8 Å². The number of benzene rings is 1. The Labute approximate surface area is 185 Å². The van der Waals surface area contributed by atoms with Crippen molar-refractivity contribution in [3.8, 4) is 11.3 Å². The zero-order valence-electron chi connectivity index (χ0n) is 17.9. The van der Waals surface area contributed by atoms with E-state index in [0.29, 0.717) is 41.2 Å². The highest BCUT2D eigenvalue weighted by Gasteiger charge is 2.19. The number of carbonyl (C=O) groups is 1. The fraction of sp³-hybridized carbons (Fsp3) is 0.391. The van der Waals surface area contributed by atoms with Gasteiger partial charge in [0, 0.05) is 24.2 Å². The van der Waals surface area contributed by atoms with E-state index in [9.17, 15) is 14.4 Å². The molecule has 0 atom stereocenters. The number of aromatic nitrogens is 3. The molecule has 0 spiro atoms. The molecular formula is C23H26ClN3O4. The first kappa shape index (κ1) is 22.7. The molecule has 0 radical (unpaired) electrons. The van der Waals surface area contributed by atoms with Crippen LogP contribution in [0.25, 0.3) is 22.2 Å². The van der Waals surface area contributed by atoms with Crippen LogP contribution in [0.1, 0.15) is 32.3 Å². The van der Waals surface area contributed by atoms with Gasteiger partial charge in [-0.05, 0) is 42.9 Å². The first-order chi connectivity index (χ1) is 14.8. The molecule has 2 heterocycles. The number of carbonyl (C=O) groups excluding carboxylic acids is 1. The Morgan fingerprint density at radius 2 is 1.90 bits per heavy atom. The van der Waals surface area contributed by atoms with Gasteiger partial charge >= 0.3 is 5.69 Å². The van der Waals surface area contributed by atoms with E-state index >= 15 is 0 Å². The maximum absolute atomic E-state index is 13.5. The van der Waals surface area contributed by atoms with E-state index in [-0.39, 0.29) is 18.7 Å². The molecule has 0 aliphatic heterocycles. The predicted molar refractivity (Wildman–Crippen MR) is 121 cm³/mol. The van der Waals surface area contributed by atoms with Crippen molar-refractivity contribution in [2.45, 2.75) is 39.7 Å². The van der Waals surface area contributed by atoms with Crippen LogP contribution in [-0.2, 0) is 29.5 Å². The Morgan fingerprint density at radius 1 is 1.19 bits per heavy atom. The largest absolute Gasteiger partial charge is 0.468 e. The molecule has 2 aromatic heterocycles. The van der Waals surface area contributed by atoms with Crippen molar-refractivity contribution in [2.24, 2.45) is 13.0 Å². The number of rotatable bonds is 9. The standard InChI is InChI=1S/C23H26ClN3O4/c1-15(2)5-10-18-20-19(13-25-21(18)16-6-8-17(24)9-7-16)26(3)23(30)27(22(20)29)11-4-12-31-14-28/h6-9,13-15H,4-5,10-12H2,1-3H3. The molecule has 7 nitrogen and oxygen atoms in total. The van der Waals surface area contributed by atoms with Crippen molar-refractivity contribution in [1.29, 1.82) is 0 Å². The summed E-state index contributed by atoms with van der Waals surface area (Å²) in [5, 5.41) is 1.12. The lowest BCUT2D eigenvalue weighted by molar-refractivity contribution is -0.128. The Bertz CT molecular complexity index is 1200. The molecule has 0 aliphatic carbocycles. The predicted octanol–water partition coefficient (Wildman–Crippen LogP) is 3.57. The Hall–Kier alpha value is -2.93. The molecule has 8 heteroatoms. The topological polar surface area (TPSA) is 83.2 Å². The molecule has 0 bridgehead atoms. The van der Waals surface area contributed by atoms with E-state index in [1.807, 2.05) is 12.1 Å². The summed E-state index contributed by atoms with van der Waals surface area (Å²) >= 11 is 6.05. The maximum Gasteiger partial charge on any atom is 0.331 e. The monoisotopic (exact) mass is 443 g/mol. The maximum atomic E-state index is 13.5. The van der Waals surface area contributed by atoms with Crippen molar-refractivity contribution in [3.05, 3.63) is 61.9 Å². The van der Waals surface area contributed by atoms with E-state index in [1.165, 1.54) is 9.13 Å². The molecule has 0 amide bonds. The number of halogens is 1. The molecular weight excluding hydrogens is 418 g/mol. The Balaban J connectivity index is 2.25. The van der Waals surface area contributed by atoms with E-state index in [4.69, 9.17) is 16.3 Å². The Kier molecular flexibility index (Phi) is 7.28. The number of hydrogen-bond donors (Lipinski definition) is 0. The zero-order valence-corrected chi connectivity index (χ0v) is 18.7. The minimum Gasteiger partial charge on any atom is -0.468 e. The minimum absolute atomic E-state index is 0.143. The quantitative estimate of drug-likeness (QED) is 0.373. The lowest BCUT2D eigenvalue weighted by Crippen LogP contribution is -2.40. The molecule has 0 unspecified atom stereocenters. The summed E-state index contributed by atoms with van der Waals surface area (Å²) in [4.78, 5) is 41.3. The third-order valence-corrected chi connectivity index (χ3v) is 5.55. The highest BCUT2D eigenvalue weighted by atomic mass is 35.5. The van der Waals surface area contributed by atoms with E-state index in [0.717, 1.165) is 23.2 Å². The van der Waals surface area contributed by atoms with Crippen LogP contribution in [0.3, 0.4) is 0 Å². The molecule has 0 aliphatic rings. The molecule has 164 valence electrons. The molecule has 31 heavy (non-hydrogen) atoms. The third-order valence-electron chi connectivity index (χ3n) is 5.30. The van der Waals surface area contributed by atoms with Crippen molar-refractivity contribution in [1.82, 2.24) is 14.1 Å². The summed E-state index contributed by atoms with van der Waals surface area (Å²) < 4.78 is 7.36. The van der Waals surface area contributed by atoms with Gasteiger partial charge in [0.05, 0.1) is 29.4 Å². The highest BCUT2D eigenvalue weighted by molar-refractivity contribution is 6.30. The summed E-state index contributed by atoms with van der Waals surface area (Å²) in [6.45, 7) is 4.92. The molecule has 0 saturated heterocycles. The average molecular weight is 444 g/mol. The second kappa shape index (κ2) is 9.92. The SMILES string of the molecule is CC(C)CCc1c(-c2ccc(Cl)cc2)ncc2c1c(=O)n(CCCOC=O)c(=O)n2C. The normalized spacial score (nSPS) is 11.3. The number of fused-ring (bicyclic) bond motifs is 1. The van der Waals surface area contributed by atoms with Gasteiger partial charge < -0.3 is 4.74 Å². The van der Waals surface area contributed by atoms with Crippen LogP contribution in [0.4, 0.5) is 0 Å². The smallest absolute Gasteiger partial charge is 0.331 e. The molecule has 0 N–H and O–H groups in total. The summed E-state index contributed by atoms with van der Waals surface area (Å²) in [5.74, 6) is 0.434. The van der Waals surface area contributed by atoms with Crippen molar-refractivity contribution >= 4 is 29.0 Å². The lowest BCUT2D eigenvalue weighted by Gasteiger charge is -2.17. The molecule has 0 fully saturated rings. The second-order valence-electron chi connectivity index (χ2n) is 7.90. The van der Waals surface area contributed by atoms with Crippen LogP contribution in [0.15, 0.2) is 40.1 Å². The van der Waals surface area contributed by atoms with Gasteiger partial charge in [-0.15, -0.1) is 0 Å². The first-order valence-electron chi connectivity index (χ1n) is 10.3. The van der Waals surface area contributed by atoms with E-state index < -0.39 is 5.69 Å². The van der Waals surface area contributed by atoms with Crippen molar-refractivity contribution < 1.29 is 9.53 Å². The van der Waals surface area contributed by atoms with Crippen LogP contribution in [0, 0.1) is 5.92 Å². The number of hydrogen-bond acceptors (Lipinski definition) is 5. The number of ether oxygens (including phenoxy) is 1. The van der Waals surface area contributed by atoms with Gasteiger partial charge in [0.25, 0.3) is 12.0 Å². The Morgan fingerprint density at radius 3 is 2.55 bits per heavy atom. The zero-order chi connectivity index (χ0) is 22.5. The highest BCUT2D eigenvalue weighted by Crippen LogP contribution is 2.29. The fourth-order valence-corrected chi connectivity index (χ4v) is 3.75. The van der Waals surface area contributed by atoms with Crippen LogP contribution in [0.2, 0.25) is 5.02 Å². The number of aryl methyl sites for hydroxylation is 2. The van der Waals surface area contributed by atoms with Gasteiger partial charge in [0.2, 0.25) is 0 Å². The van der Waals surface area contributed by atoms with Crippen molar-refractivity contribution in [2.75, 3.05) is 6.61 Å². The third kappa shape index (κ3) is 4.88. The van der Waals surface area contributed by atoms with Crippen LogP contribution in [0.5, 0.6) is 0 Å². The number of pyridine rings is 1. The van der Waals surface area contributed by atoms with Crippen LogP contribution in [-0.4, -0.2) is 27.2 Å². The fourth-order valence-electron chi connectivity index (χ4n) is 3.62. The molecule has 1 aromatic carbocycles. The van der Waals surface area contributed by atoms with Gasteiger partial charge in [-0.2, -0.15) is 0 Å². The summed E-state index contributed by atoms with van der Waals surface area (Å²) in [7, 11) is 1.64. The van der Waals surface area contributed by atoms with Gasteiger partial charge in [0.1, 0.15) is 0 Å². The molecule has 3 rings (SSSR count). The van der Waals surface area contributed by atoms with Crippen LogP contribution < -0.4 is 11.2 Å². The van der Waals surface area contributed by atoms with Gasteiger partial charge in [-0.25, -0.2) is 4.79 Å². The summed E-state index contributed by atoms with van der Waals surface area (Å²) in [6, 6.07) is 7.35. The average Bonchev–Trinajstić information content (AvgIpc) is 2.75. The van der Waals surface area contributed by atoms with Gasteiger partial charge in [0.15, 0.2) is 0 Å². The van der Waals surface area contributed by atoms with Crippen LogP contribution >= 0.6 is 11.6 Å². The van der Waals surface area contributed by atoms with E-state index in [1.54, 1.807) is 25.4 Å². The van der Waals surface area contributed by atoms with Crippen molar-refractivity contribution in [3.63, 3.8) is 0 Å². The second-order valence-corrected chi connectivity index (χ2v) is 8.34. The summed E-state index contributed by atoms with van der Waals surface area (Å²) in [6.07, 6.45) is 3.48. The van der Waals surface area contributed by atoms with Gasteiger partial charge in [-0.3, -0.25) is 23.7 Å². The molecule has 0 saturated carbocycles. The summed E-state index contributed by atoms with van der Waals surface area (Å²) in [5.41, 5.74) is 2.15. The van der Waals surface area contributed by atoms with Gasteiger partial charge in [-0.1, -0.05) is 37.6 Å².